The second-order valence-electron chi connectivity index (χ2n) is 3.82. The molecule has 3 rings (SSSR count). The second-order valence-corrected chi connectivity index (χ2v) is 3.82. The maximum absolute atomic E-state index is 4.11. The molecule has 0 radical (unpaired) electrons. The van der Waals surface area contributed by atoms with E-state index in [1.165, 1.54) is 6.42 Å². The number of hydrogen-bond donors (Lipinski definition) is 1. The standard InChI is InChI=1S/C9H11N5/c1-6-2-7(6)12-8-3-10-4-9-13-11-5-14(8)9/h3-7,12H,2H2,1H3/t6-,7-/m1/s1. The first-order valence-corrected chi connectivity index (χ1v) is 4.75. The lowest BCUT2D eigenvalue weighted by molar-refractivity contribution is 0.916. The molecule has 1 aliphatic rings. The first-order chi connectivity index (χ1) is 6.84. The number of aromatic nitrogens is 4. The highest BCUT2D eigenvalue weighted by molar-refractivity contribution is 5.46. The molecule has 0 spiro atoms. The van der Waals surface area contributed by atoms with Crippen LogP contribution in [0.1, 0.15) is 13.3 Å². The molecule has 0 saturated heterocycles. The van der Waals surface area contributed by atoms with Crippen LogP contribution in [0.15, 0.2) is 18.7 Å². The van der Waals surface area contributed by atoms with Gasteiger partial charge in [0.25, 0.3) is 0 Å². The molecule has 2 aromatic heterocycles. The summed E-state index contributed by atoms with van der Waals surface area (Å²) in [5.74, 6) is 1.74. The molecule has 1 saturated carbocycles. The van der Waals surface area contributed by atoms with E-state index in [2.05, 4.69) is 27.4 Å². The molecular weight excluding hydrogens is 178 g/mol. The van der Waals surface area contributed by atoms with E-state index in [9.17, 15) is 0 Å². The van der Waals surface area contributed by atoms with Crippen LogP contribution >= 0.6 is 0 Å². The highest BCUT2D eigenvalue weighted by Crippen LogP contribution is 2.32. The van der Waals surface area contributed by atoms with Crippen LogP contribution in [-0.4, -0.2) is 25.6 Å². The summed E-state index contributed by atoms with van der Waals surface area (Å²) in [6.45, 7) is 2.23. The molecule has 0 bridgehead atoms. The summed E-state index contributed by atoms with van der Waals surface area (Å²) in [7, 11) is 0. The lowest BCUT2D eigenvalue weighted by atomic mass is 10.5. The molecule has 2 heterocycles. The molecule has 1 fully saturated rings. The Hall–Kier alpha value is -1.65. The van der Waals surface area contributed by atoms with E-state index in [0.717, 1.165) is 17.4 Å². The Morgan fingerprint density at radius 2 is 2.36 bits per heavy atom. The van der Waals surface area contributed by atoms with Gasteiger partial charge >= 0.3 is 0 Å². The fourth-order valence-electron chi connectivity index (χ4n) is 1.57. The van der Waals surface area contributed by atoms with Crippen LogP contribution in [0.2, 0.25) is 0 Å². The Morgan fingerprint density at radius 1 is 1.50 bits per heavy atom. The largest absolute Gasteiger partial charge is 0.367 e. The Bertz CT molecular complexity index is 463. The predicted molar refractivity (Wildman–Crippen MR) is 52.0 cm³/mol. The van der Waals surface area contributed by atoms with Gasteiger partial charge in [0.1, 0.15) is 12.1 Å². The lowest BCUT2D eigenvalue weighted by Gasteiger charge is -2.05. The molecule has 14 heavy (non-hydrogen) atoms. The van der Waals surface area contributed by atoms with Crippen LogP contribution in [0, 0.1) is 5.92 Å². The van der Waals surface area contributed by atoms with Crippen molar-refractivity contribution in [3.8, 4) is 0 Å². The second kappa shape index (κ2) is 2.67. The van der Waals surface area contributed by atoms with Gasteiger partial charge in [-0.3, -0.25) is 9.38 Å². The molecule has 0 aliphatic heterocycles. The van der Waals surface area contributed by atoms with Crippen LogP contribution in [-0.2, 0) is 0 Å². The van der Waals surface area contributed by atoms with E-state index < -0.39 is 0 Å². The summed E-state index contributed by atoms with van der Waals surface area (Å²) >= 11 is 0. The quantitative estimate of drug-likeness (QED) is 0.764. The van der Waals surface area contributed by atoms with E-state index in [-0.39, 0.29) is 0 Å². The van der Waals surface area contributed by atoms with Gasteiger partial charge in [0.15, 0.2) is 5.65 Å². The Morgan fingerprint density at radius 3 is 3.14 bits per heavy atom. The molecule has 0 aromatic carbocycles. The summed E-state index contributed by atoms with van der Waals surface area (Å²) < 4.78 is 1.91. The minimum atomic E-state index is 0.588. The van der Waals surface area contributed by atoms with Gasteiger partial charge in [0.2, 0.25) is 0 Å². The van der Waals surface area contributed by atoms with Crippen molar-refractivity contribution in [3.63, 3.8) is 0 Å². The van der Waals surface area contributed by atoms with Crippen molar-refractivity contribution in [3.05, 3.63) is 18.7 Å². The van der Waals surface area contributed by atoms with Crippen LogP contribution in [0.3, 0.4) is 0 Å². The third kappa shape index (κ3) is 1.13. The van der Waals surface area contributed by atoms with Gasteiger partial charge in [-0.2, -0.15) is 0 Å². The Kier molecular flexibility index (Phi) is 1.47. The van der Waals surface area contributed by atoms with Gasteiger partial charge in [-0.25, -0.2) is 0 Å². The highest BCUT2D eigenvalue weighted by atomic mass is 15.3. The summed E-state index contributed by atoms with van der Waals surface area (Å²) in [4.78, 5) is 4.11. The zero-order chi connectivity index (χ0) is 9.54. The van der Waals surface area contributed by atoms with Crippen LogP contribution in [0.25, 0.3) is 5.65 Å². The maximum Gasteiger partial charge on any atom is 0.180 e. The number of fused-ring (bicyclic) bond motifs is 1. The predicted octanol–water partition coefficient (Wildman–Crippen LogP) is 0.945. The van der Waals surface area contributed by atoms with Gasteiger partial charge in [0.05, 0.1) is 12.4 Å². The highest BCUT2D eigenvalue weighted by Gasteiger charge is 2.32. The SMILES string of the molecule is C[C@@H]1C[C@H]1Nc1cncc2nncn12. The molecule has 0 unspecified atom stereocenters. The first kappa shape index (κ1) is 7.73. The van der Waals surface area contributed by atoms with E-state index in [1.807, 2.05) is 4.40 Å². The van der Waals surface area contributed by atoms with Crippen molar-refractivity contribution in [2.75, 3.05) is 5.32 Å². The van der Waals surface area contributed by atoms with Gasteiger partial charge in [0, 0.05) is 6.04 Å². The normalized spacial score (nSPS) is 25.2. The average molecular weight is 189 g/mol. The molecule has 5 nitrogen and oxygen atoms in total. The van der Waals surface area contributed by atoms with Gasteiger partial charge in [-0.15, -0.1) is 10.2 Å². The molecule has 1 aliphatic carbocycles. The summed E-state index contributed by atoms with van der Waals surface area (Å²) in [6.07, 6.45) is 6.45. The first-order valence-electron chi connectivity index (χ1n) is 4.75. The van der Waals surface area contributed by atoms with Crippen LogP contribution in [0.4, 0.5) is 5.82 Å². The zero-order valence-electron chi connectivity index (χ0n) is 7.88. The smallest absolute Gasteiger partial charge is 0.180 e. The lowest BCUT2D eigenvalue weighted by Crippen LogP contribution is -2.07. The minimum absolute atomic E-state index is 0.588. The number of rotatable bonds is 2. The fraction of sp³-hybridized carbons (Fsp3) is 0.444. The Balaban J connectivity index is 1.98. The van der Waals surface area contributed by atoms with Crippen molar-refractivity contribution in [1.29, 1.82) is 0 Å². The maximum atomic E-state index is 4.11. The number of hydrogen-bond acceptors (Lipinski definition) is 4. The summed E-state index contributed by atoms with van der Waals surface area (Å²) in [6, 6.07) is 0.588. The number of nitrogens with one attached hydrogen (secondary N) is 1. The van der Waals surface area contributed by atoms with E-state index in [4.69, 9.17) is 0 Å². The molecule has 5 heteroatoms. The van der Waals surface area contributed by atoms with Gasteiger partial charge in [-0.05, 0) is 12.3 Å². The van der Waals surface area contributed by atoms with E-state index >= 15 is 0 Å². The molecule has 72 valence electrons. The molecule has 2 atom stereocenters. The number of anilines is 1. The third-order valence-corrected chi connectivity index (χ3v) is 2.66. The van der Waals surface area contributed by atoms with Crippen molar-refractivity contribution in [1.82, 2.24) is 19.6 Å². The van der Waals surface area contributed by atoms with Crippen molar-refractivity contribution in [2.45, 2.75) is 19.4 Å². The average Bonchev–Trinajstić information content (AvgIpc) is 2.69. The zero-order valence-corrected chi connectivity index (χ0v) is 7.88. The van der Waals surface area contributed by atoms with E-state index in [1.54, 1.807) is 18.7 Å². The van der Waals surface area contributed by atoms with Crippen molar-refractivity contribution >= 4 is 11.5 Å². The Labute approximate surface area is 81.2 Å². The van der Waals surface area contributed by atoms with Gasteiger partial charge in [-0.1, -0.05) is 6.92 Å². The third-order valence-electron chi connectivity index (χ3n) is 2.66. The summed E-state index contributed by atoms with van der Waals surface area (Å²) in [5.41, 5.74) is 0.781. The van der Waals surface area contributed by atoms with Gasteiger partial charge < -0.3 is 5.32 Å². The van der Waals surface area contributed by atoms with Crippen molar-refractivity contribution < 1.29 is 0 Å². The molecular formula is C9H11N5. The van der Waals surface area contributed by atoms with Crippen LogP contribution in [0.5, 0.6) is 0 Å². The van der Waals surface area contributed by atoms with Crippen LogP contribution < -0.4 is 5.32 Å². The monoisotopic (exact) mass is 189 g/mol. The topological polar surface area (TPSA) is 55.1 Å². The van der Waals surface area contributed by atoms with Crippen molar-refractivity contribution in [2.24, 2.45) is 5.92 Å². The molecule has 0 amide bonds. The minimum Gasteiger partial charge on any atom is -0.367 e. The number of nitrogens with zero attached hydrogens (tertiary/aromatic N) is 4. The molecule has 1 N–H and O–H groups in total. The molecule has 2 aromatic rings. The van der Waals surface area contributed by atoms with E-state index in [0.29, 0.717) is 6.04 Å². The fourth-order valence-corrected chi connectivity index (χ4v) is 1.57. The summed E-state index contributed by atoms with van der Waals surface area (Å²) in [5, 5.41) is 11.2.